The van der Waals surface area contributed by atoms with Gasteiger partial charge in [0, 0.05) is 30.4 Å². The maximum atomic E-state index is 13.1. The molecule has 2 aliphatic rings. The first-order chi connectivity index (χ1) is 16.6. The molecular weight excluding hydrogens is 426 g/mol. The molecule has 3 aromatic rings. The number of aliphatic hydroxyl groups excluding tert-OH is 1. The molecule has 0 bridgehead atoms. The minimum absolute atomic E-state index is 0.0124. The number of aryl methyl sites for hydroxylation is 1. The maximum Gasteiger partial charge on any atom is 0.242 e. The third-order valence-electron chi connectivity index (χ3n) is 7.20. The van der Waals surface area contributed by atoms with E-state index < -0.39 is 0 Å². The summed E-state index contributed by atoms with van der Waals surface area (Å²) >= 11 is 0. The molecule has 6 heteroatoms. The topological polar surface area (TPSA) is 73.7 Å². The van der Waals surface area contributed by atoms with Gasteiger partial charge in [0.05, 0.1) is 25.6 Å². The molecule has 2 aromatic carbocycles. The number of amides is 2. The predicted molar refractivity (Wildman–Crippen MR) is 130 cm³/mol. The van der Waals surface area contributed by atoms with Crippen LogP contribution in [0.5, 0.6) is 0 Å². The maximum absolute atomic E-state index is 13.1. The van der Waals surface area contributed by atoms with E-state index in [1.54, 1.807) is 16.0 Å². The Morgan fingerprint density at radius 2 is 1.82 bits per heavy atom. The van der Waals surface area contributed by atoms with Gasteiger partial charge in [0.2, 0.25) is 11.8 Å². The van der Waals surface area contributed by atoms with Crippen LogP contribution in [0.4, 0.5) is 0 Å². The summed E-state index contributed by atoms with van der Waals surface area (Å²) in [6.07, 6.45) is 2.55. The van der Waals surface area contributed by atoms with Crippen molar-refractivity contribution in [3.63, 3.8) is 0 Å². The minimum atomic E-state index is -0.257. The molecule has 0 saturated carbocycles. The third kappa shape index (κ3) is 4.10. The van der Waals surface area contributed by atoms with Crippen LogP contribution in [0.2, 0.25) is 0 Å². The van der Waals surface area contributed by atoms with Crippen LogP contribution in [0.1, 0.15) is 29.2 Å². The summed E-state index contributed by atoms with van der Waals surface area (Å²) in [5.41, 5.74) is 5.41. The zero-order valence-corrected chi connectivity index (χ0v) is 19.3. The standard InChI is InChI=1S/C28H29N3O3/c1-19-6-2-3-8-23(19)20-9-11-21(12-10-20)28-24-13-15-30(17-27(34)31(24)25(28)18-32)26(33)16-22-7-4-5-14-29-22/h2-12,14,24-25,28,32H,13,15-18H2,1H3/t24-,25+,28-/m0/s1. The van der Waals surface area contributed by atoms with Gasteiger partial charge in [-0.1, -0.05) is 54.6 Å². The lowest BCUT2D eigenvalue weighted by Crippen LogP contribution is -2.65. The van der Waals surface area contributed by atoms with Crippen LogP contribution in [0.3, 0.4) is 0 Å². The van der Waals surface area contributed by atoms with Crippen molar-refractivity contribution >= 4 is 11.8 Å². The van der Waals surface area contributed by atoms with Crippen LogP contribution in [0, 0.1) is 6.92 Å². The van der Waals surface area contributed by atoms with E-state index in [1.165, 1.54) is 11.1 Å². The largest absolute Gasteiger partial charge is 0.394 e. The van der Waals surface area contributed by atoms with Crippen LogP contribution >= 0.6 is 0 Å². The Balaban J connectivity index is 1.33. The highest BCUT2D eigenvalue weighted by molar-refractivity contribution is 5.87. The second-order valence-electron chi connectivity index (χ2n) is 9.18. The van der Waals surface area contributed by atoms with Gasteiger partial charge >= 0.3 is 0 Å². The van der Waals surface area contributed by atoms with E-state index in [-0.39, 0.29) is 49.4 Å². The van der Waals surface area contributed by atoms with Crippen LogP contribution in [0.25, 0.3) is 11.1 Å². The molecule has 0 spiro atoms. The van der Waals surface area contributed by atoms with Gasteiger partial charge in [0.15, 0.2) is 0 Å². The highest BCUT2D eigenvalue weighted by atomic mass is 16.3. The Bertz CT molecular complexity index is 1180. The smallest absolute Gasteiger partial charge is 0.242 e. The molecule has 2 saturated heterocycles. The lowest BCUT2D eigenvalue weighted by atomic mass is 9.73. The van der Waals surface area contributed by atoms with Crippen LogP contribution in [-0.2, 0) is 16.0 Å². The number of aliphatic hydroxyl groups is 1. The predicted octanol–water partition coefficient (Wildman–Crippen LogP) is 3.19. The highest BCUT2D eigenvalue weighted by Crippen LogP contribution is 2.44. The van der Waals surface area contributed by atoms with Crippen molar-refractivity contribution in [1.82, 2.24) is 14.8 Å². The van der Waals surface area contributed by atoms with Crippen molar-refractivity contribution < 1.29 is 14.7 Å². The summed E-state index contributed by atoms with van der Waals surface area (Å²) in [6, 6.07) is 22.0. The second kappa shape index (κ2) is 9.39. The third-order valence-corrected chi connectivity index (χ3v) is 7.20. The number of aromatic nitrogens is 1. The van der Waals surface area contributed by atoms with E-state index in [0.29, 0.717) is 18.7 Å². The van der Waals surface area contributed by atoms with E-state index in [0.717, 1.165) is 11.1 Å². The average Bonchev–Trinajstić information content (AvgIpc) is 2.98. The molecule has 2 amide bonds. The molecule has 1 N–H and O–H groups in total. The summed E-state index contributed by atoms with van der Waals surface area (Å²) in [7, 11) is 0. The van der Waals surface area contributed by atoms with Crippen molar-refractivity contribution in [3.8, 4) is 11.1 Å². The molecule has 2 fully saturated rings. The Morgan fingerprint density at radius 1 is 1.06 bits per heavy atom. The number of rotatable bonds is 5. The van der Waals surface area contributed by atoms with E-state index in [2.05, 4.69) is 48.3 Å². The summed E-state index contributed by atoms with van der Waals surface area (Å²) < 4.78 is 0. The normalized spacial score (nSPS) is 22.1. The van der Waals surface area contributed by atoms with Crippen molar-refractivity contribution in [2.75, 3.05) is 19.7 Å². The monoisotopic (exact) mass is 455 g/mol. The molecule has 174 valence electrons. The molecule has 3 atom stereocenters. The van der Waals surface area contributed by atoms with Gasteiger partial charge in [-0.05, 0) is 47.7 Å². The van der Waals surface area contributed by atoms with Gasteiger partial charge in [-0.15, -0.1) is 0 Å². The molecule has 1 aromatic heterocycles. The average molecular weight is 456 g/mol. The highest BCUT2D eigenvalue weighted by Gasteiger charge is 2.52. The van der Waals surface area contributed by atoms with E-state index >= 15 is 0 Å². The van der Waals surface area contributed by atoms with Crippen molar-refractivity contribution in [1.29, 1.82) is 0 Å². The number of nitrogens with zero attached hydrogens (tertiary/aromatic N) is 3. The fourth-order valence-electron chi connectivity index (χ4n) is 5.46. The van der Waals surface area contributed by atoms with Crippen LogP contribution < -0.4 is 0 Å². The van der Waals surface area contributed by atoms with Gasteiger partial charge in [-0.2, -0.15) is 0 Å². The van der Waals surface area contributed by atoms with Crippen LogP contribution in [0.15, 0.2) is 72.9 Å². The van der Waals surface area contributed by atoms with E-state index in [9.17, 15) is 14.7 Å². The number of carbonyl (C=O) groups excluding carboxylic acids is 2. The molecule has 5 rings (SSSR count). The Kier molecular flexibility index (Phi) is 6.16. The van der Waals surface area contributed by atoms with Gasteiger partial charge in [-0.25, -0.2) is 0 Å². The van der Waals surface area contributed by atoms with Gasteiger partial charge in [0.1, 0.15) is 0 Å². The molecule has 6 nitrogen and oxygen atoms in total. The van der Waals surface area contributed by atoms with Crippen molar-refractivity contribution in [2.24, 2.45) is 0 Å². The SMILES string of the molecule is Cc1ccccc1-c1ccc([C@@H]2[C@@H](CO)N3C(=O)CN(C(=O)Cc4ccccn4)CC[C@@H]23)cc1. The van der Waals surface area contributed by atoms with E-state index in [1.807, 2.05) is 30.3 Å². The Labute approximate surface area is 199 Å². The first-order valence-corrected chi connectivity index (χ1v) is 11.8. The fraction of sp³-hybridized carbons (Fsp3) is 0.321. The molecular formula is C28H29N3O3. The summed E-state index contributed by atoms with van der Waals surface area (Å²) in [6.45, 7) is 2.59. The number of hydrogen-bond acceptors (Lipinski definition) is 4. The van der Waals surface area contributed by atoms with Gasteiger partial charge in [0.25, 0.3) is 0 Å². The molecule has 2 aliphatic heterocycles. The van der Waals surface area contributed by atoms with Crippen molar-refractivity contribution in [3.05, 3.63) is 89.7 Å². The molecule has 0 radical (unpaired) electrons. The quantitative estimate of drug-likeness (QED) is 0.641. The first-order valence-electron chi connectivity index (χ1n) is 11.8. The number of benzene rings is 2. The number of pyridine rings is 1. The lowest BCUT2D eigenvalue weighted by Gasteiger charge is -2.54. The Morgan fingerprint density at radius 3 is 2.53 bits per heavy atom. The lowest BCUT2D eigenvalue weighted by molar-refractivity contribution is -0.150. The summed E-state index contributed by atoms with van der Waals surface area (Å²) in [4.78, 5) is 33.6. The zero-order valence-electron chi connectivity index (χ0n) is 19.3. The molecule has 0 aliphatic carbocycles. The number of carbonyl (C=O) groups is 2. The zero-order chi connectivity index (χ0) is 23.7. The minimum Gasteiger partial charge on any atom is -0.394 e. The summed E-state index contributed by atoms with van der Waals surface area (Å²) in [5, 5.41) is 10.1. The van der Waals surface area contributed by atoms with Crippen molar-refractivity contribution in [2.45, 2.75) is 37.8 Å². The molecule has 3 heterocycles. The first kappa shape index (κ1) is 22.3. The van der Waals surface area contributed by atoms with E-state index in [4.69, 9.17) is 0 Å². The Hall–Kier alpha value is -3.51. The fourth-order valence-corrected chi connectivity index (χ4v) is 5.46. The van der Waals surface area contributed by atoms with Gasteiger partial charge in [-0.3, -0.25) is 14.6 Å². The van der Waals surface area contributed by atoms with Crippen LogP contribution in [-0.4, -0.2) is 63.5 Å². The number of hydrogen-bond donors (Lipinski definition) is 1. The number of fused-ring (bicyclic) bond motifs is 1. The van der Waals surface area contributed by atoms with Gasteiger partial charge < -0.3 is 14.9 Å². The summed E-state index contributed by atoms with van der Waals surface area (Å²) in [5.74, 6) is -0.122. The molecule has 0 unspecified atom stereocenters. The second-order valence-corrected chi connectivity index (χ2v) is 9.18. The molecule has 34 heavy (non-hydrogen) atoms.